The molecular weight excluding hydrogens is 282 g/mol. The average Bonchev–Trinajstić information content (AvgIpc) is 2.23. The van der Waals surface area contributed by atoms with Gasteiger partial charge in [-0.1, -0.05) is 0 Å². The van der Waals surface area contributed by atoms with Crippen molar-refractivity contribution in [3.8, 4) is 5.88 Å². The fraction of sp³-hybridized carbons (Fsp3) is 0.333. The zero-order valence-corrected chi connectivity index (χ0v) is 8.97. The van der Waals surface area contributed by atoms with Crippen molar-refractivity contribution in [1.82, 2.24) is 4.98 Å². The minimum absolute atomic E-state index is 0.0114. The standard InChI is InChI=1S/C9H6F6N2O2/c10-8(11,12)6-4(2-16)1-5(3-18)17-7(6)19-9(13,14)15/h1,3H,2,16H2. The molecule has 0 radical (unpaired) electrons. The lowest BCUT2D eigenvalue weighted by Crippen LogP contribution is -2.23. The van der Waals surface area contributed by atoms with Gasteiger partial charge in [-0.25, -0.2) is 4.98 Å². The van der Waals surface area contributed by atoms with Crippen LogP contribution in [0.25, 0.3) is 0 Å². The number of pyridine rings is 1. The molecular formula is C9H6F6N2O2. The highest BCUT2D eigenvalue weighted by Gasteiger charge is 2.42. The van der Waals surface area contributed by atoms with Crippen molar-refractivity contribution >= 4 is 6.29 Å². The Balaban J connectivity index is 3.51. The smallest absolute Gasteiger partial charge is 0.387 e. The number of hydrogen-bond acceptors (Lipinski definition) is 4. The van der Waals surface area contributed by atoms with E-state index in [1.807, 2.05) is 0 Å². The minimum atomic E-state index is -5.37. The topological polar surface area (TPSA) is 65.2 Å². The predicted octanol–water partition coefficient (Wildman–Crippen LogP) is 2.27. The summed E-state index contributed by atoms with van der Waals surface area (Å²) in [4.78, 5) is 13.3. The van der Waals surface area contributed by atoms with E-state index in [9.17, 15) is 31.1 Å². The van der Waals surface area contributed by atoms with Crippen molar-refractivity contribution < 1.29 is 35.9 Å². The summed E-state index contributed by atoms with van der Waals surface area (Å²) in [6.07, 6.45) is -10.5. The molecule has 0 saturated carbocycles. The molecule has 1 aromatic rings. The number of nitrogens with two attached hydrogens (primary N) is 1. The molecule has 0 amide bonds. The van der Waals surface area contributed by atoms with E-state index in [1.165, 1.54) is 0 Å². The molecule has 1 heterocycles. The van der Waals surface area contributed by atoms with E-state index in [4.69, 9.17) is 5.73 Å². The molecule has 106 valence electrons. The van der Waals surface area contributed by atoms with Crippen LogP contribution in [0, 0.1) is 0 Å². The summed E-state index contributed by atoms with van der Waals surface area (Å²) in [5, 5.41) is 0. The predicted molar refractivity (Wildman–Crippen MR) is 49.2 cm³/mol. The Kier molecular flexibility index (Phi) is 4.03. The quantitative estimate of drug-likeness (QED) is 0.684. The maximum absolute atomic E-state index is 12.7. The summed E-state index contributed by atoms with van der Waals surface area (Å²) in [5.41, 5.74) is 1.91. The van der Waals surface area contributed by atoms with Crippen LogP contribution >= 0.6 is 0 Å². The van der Waals surface area contributed by atoms with E-state index in [0.29, 0.717) is 6.07 Å². The number of rotatable bonds is 3. The van der Waals surface area contributed by atoms with Gasteiger partial charge in [0.2, 0.25) is 5.88 Å². The summed E-state index contributed by atoms with van der Waals surface area (Å²) in [7, 11) is 0. The number of ether oxygens (including phenoxy) is 1. The zero-order valence-electron chi connectivity index (χ0n) is 8.97. The van der Waals surface area contributed by atoms with E-state index in [0.717, 1.165) is 0 Å². The molecule has 0 aliphatic heterocycles. The number of carbonyl (C=O) groups excluding carboxylic acids is 1. The first-order chi connectivity index (χ1) is 8.58. The van der Waals surface area contributed by atoms with Crippen LogP contribution in [-0.2, 0) is 12.7 Å². The molecule has 0 bridgehead atoms. The Labute approximate surface area is 102 Å². The number of aldehydes is 1. The molecule has 0 unspecified atom stereocenters. The first-order valence-corrected chi connectivity index (χ1v) is 4.60. The third-order valence-corrected chi connectivity index (χ3v) is 1.92. The SMILES string of the molecule is NCc1cc(C=O)nc(OC(F)(F)F)c1C(F)(F)F. The Bertz CT molecular complexity index is 483. The maximum atomic E-state index is 12.7. The van der Waals surface area contributed by atoms with Gasteiger partial charge in [0, 0.05) is 6.54 Å². The second-order valence-corrected chi connectivity index (χ2v) is 3.25. The summed E-state index contributed by atoms with van der Waals surface area (Å²) >= 11 is 0. The van der Waals surface area contributed by atoms with E-state index in [-0.39, 0.29) is 6.29 Å². The van der Waals surface area contributed by atoms with Gasteiger partial charge in [-0.05, 0) is 11.6 Å². The van der Waals surface area contributed by atoms with Crippen molar-refractivity contribution in [1.29, 1.82) is 0 Å². The second kappa shape index (κ2) is 5.03. The molecule has 0 atom stereocenters. The van der Waals surface area contributed by atoms with E-state index in [1.54, 1.807) is 0 Å². The molecule has 10 heteroatoms. The lowest BCUT2D eigenvalue weighted by molar-refractivity contribution is -0.277. The number of alkyl halides is 6. The first kappa shape index (κ1) is 15.2. The Morgan fingerprint density at radius 1 is 1.26 bits per heavy atom. The molecule has 4 nitrogen and oxygen atoms in total. The summed E-state index contributed by atoms with van der Waals surface area (Å²) in [5.74, 6) is -1.75. The third kappa shape index (κ3) is 3.81. The summed E-state index contributed by atoms with van der Waals surface area (Å²) < 4.78 is 77.3. The largest absolute Gasteiger partial charge is 0.574 e. The highest BCUT2D eigenvalue weighted by Crippen LogP contribution is 2.39. The highest BCUT2D eigenvalue weighted by molar-refractivity contribution is 5.73. The van der Waals surface area contributed by atoms with Crippen molar-refractivity contribution in [2.45, 2.75) is 19.1 Å². The van der Waals surface area contributed by atoms with Crippen LogP contribution in [-0.4, -0.2) is 17.6 Å². The molecule has 0 aromatic carbocycles. The van der Waals surface area contributed by atoms with Gasteiger partial charge >= 0.3 is 12.5 Å². The van der Waals surface area contributed by atoms with Gasteiger partial charge in [0.05, 0.1) is 0 Å². The van der Waals surface area contributed by atoms with Gasteiger partial charge in [-0.15, -0.1) is 13.2 Å². The number of halogens is 6. The van der Waals surface area contributed by atoms with Crippen LogP contribution in [0.3, 0.4) is 0 Å². The lowest BCUT2D eigenvalue weighted by atomic mass is 10.1. The van der Waals surface area contributed by atoms with Crippen molar-refractivity contribution in [3.05, 3.63) is 22.9 Å². The molecule has 1 aromatic heterocycles. The minimum Gasteiger partial charge on any atom is -0.387 e. The van der Waals surface area contributed by atoms with Gasteiger partial charge in [-0.3, -0.25) is 4.79 Å². The summed E-state index contributed by atoms with van der Waals surface area (Å²) in [6.45, 7) is -0.730. The third-order valence-electron chi connectivity index (χ3n) is 1.92. The van der Waals surface area contributed by atoms with Crippen LogP contribution in [0.15, 0.2) is 6.07 Å². The monoisotopic (exact) mass is 288 g/mol. The Morgan fingerprint density at radius 2 is 1.84 bits per heavy atom. The van der Waals surface area contributed by atoms with Crippen LogP contribution < -0.4 is 10.5 Å². The molecule has 0 saturated heterocycles. The second-order valence-electron chi connectivity index (χ2n) is 3.25. The average molecular weight is 288 g/mol. The van der Waals surface area contributed by atoms with Crippen molar-refractivity contribution in [2.24, 2.45) is 5.73 Å². The zero-order chi connectivity index (χ0) is 14.8. The van der Waals surface area contributed by atoms with Gasteiger partial charge in [-0.2, -0.15) is 13.2 Å². The molecule has 0 fully saturated rings. The fourth-order valence-corrected chi connectivity index (χ4v) is 1.30. The number of hydrogen-bond donors (Lipinski definition) is 1. The van der Waals surface area contributed by atoms with Crippen molar-refractivity contribution in [3.63, 3.8) is 0 Å². The molecule has 1 rings (SSSR count). The number of nitrogens with zero attached hydrogens (tertiary/aromatic N) is 1. The Hall–Kier alpha value is -1.84. The maximum Gasteiger partial charge on any atom is 0.574 e. The molecule has 2 N–H and O–H groups in total. The fourth-order valence-electron chi connectivity index (χ4n) is 1.30. The number of aromatic nitrogens is 1. The molecule has 0 aliphatic carbocycles. The lowest BCUT2D eigenvalue weighted by Gasteiger charge is -2.17. The van der Waals surface area contributed by atoms with E-state index < -0.39 is 41.8 Å². The van der Waals surface area contributed by atoms with Gasteiger partial charge in [0.15, 0.2) is 6.29 Å². The van der Waals surface area contributed by atoms with Crippen LogP contribution in [0.4, 0.5) is 26.3 Å². The van der Waals surface area contributed by atoms with Gasteiger partial charge in [0.25, 0.3) is 0 Å². The normalized spacial score (nSPS) is 12.4. The summed E-state index contributed by atoms with van der Waals surface area (Å²) in [6, 6.07) is 0.652. The van der Waals surface area contributed by atoms with Crippen LogP contribution in [0.5, 0.6) is 5.88 Å². The molecule has 0 spiro atoms. The molecule has 0 aliphatic rings. The van der Waals surface area contributed by atoms with Crippen LogP contribution in [0.2, 0.25) is 0 Å². The number of carbonyl (C=O) groups is 1. The van der Waals surface area contributed by atoms with Gasteiger partial charge in [0.1, 0.15) is 11.3 Å². The van der Waals surface area contributed by atoms with Crippen LogP contribution in [0.1, 0.15) is 21.6 Å². The first-order valence-electron chi connectivity index (χ1n) is 4.60. The highest BCUT2D eigenvalue weighted by atomic mass is 19.4. The van der Waals surface area contributed by atoms with E-state index >= 15 is 0 Å². The Morgan fingerprint density at radius 3 is 2.21 bits per heavy atom. The molecule has 19 heavy (non-hydrogen) atoms. The van der Waals surface area contributed by atoms with Crippen molar-refractivity contribution in [2.75, 3.05) is 0 Å². The van der Waals surface area contributed by atoms with E-state index in [2.05, 4.69) is 9.72 Å². The van der Waals surface area contributed by atoms with Gasteiger partial charge < -0.3 is 10.5 Å².